The van der Waals surface area contributed by atoms with E-state index in [0.717, 1.165) is 0 Å². The van der Waals surface area contributed by atoms with Crippen molar-refractivity contribution in [2.75, 3.05) is 26.2 Å². The summed E-state index contributed by atoms with van der Waals surface area (Å²) in [4.78, 5) is 11.8. The zero-order valence-electron chi connectivity index (χ0n) is 8.88. The Bertz CT molecular complexity index is 261. The van der Waals surface area contributed by atoms with Crippen LogP contribution in [0.3, 0.4) is 0 Å². The molecule has 94 valence electrons. The third-order valence-electron chi connectivity index (χ3n) is 2.37. The first kappa shape index (κ1) is 13.2. The Morgan fingerprint density at radius 1 is 1.50 bits per heavy atom. The van der Waals surface area contributed by atoms with E-state index in [4.69, 9.17) is 9.84 Å². The summed E-state index contributed by atoms with van der Waals surface area (Å²) in [6.45, 7) is 1.91. The normalized spacial score (nSPS) is 20.5. The fourth-order valence-corrected chi connectivity index (χ4v) is 1.67. The van der Waals surface area contributed by atoms with Crippen LogP contribution in [0, 0.1) is 0 Å². The largest absolute Gasteiger partial charge is 0.480 e. The number of carboxylic acid groups (broad SMARTS) is 1. The Hall–Kier alpha value is -0.820. The lowest BCUT2D eigenvalue weighted by atomic mass is 9.96. The minimum absolute atomic E-state index is 0.0600. The summed E-state index contributed by atoms with van der Waals surface area (Å²) in [6, 6.07) is 0. The summed E-state index contributed by atoms with van der Waals surface area (Å²) >= 11 is 0. The summed E-state index contributed by atoms with van der Waals surface area (Å²) in [5.74, 6) is -1.07. The minimum Gasteiger partial charge on any atom is -0.480 e. The van der Waals surface area contributed by atoms with Gasteiger partial charge in [-0.3, -0.25) is 4.90 Å². The molecule has 0 atom stereocenters. The lowest BCUT2D eigenvalue weighted by Gasteiger charge is -2.47. The van der Waals surface area contributed by atoms with Gasteiger partial charge in [0, 0.05) is 19.6 Å². The number of carbonyl (C=O) groups is 1. The molecule has 1 heterocycles. The van der Waals surface area contributed by atoms with Crippen LogP contribution in [0.15, 0.2) is 0 Å². The number of rotatable bonds is 5. The van der Waals surface area contributed by atoms with E-state index in [2.05, 4.69) is 0 Å². The van der Waals surface area contributed by atoms with E-state index in [1.807, 2.05) is 0 Å². The number of ether oxygens (including phenoxy) is 1. The fraction of sp³-hybridized carbons (Fsp3) is 0.889. The maximum Gasteiger partial charge on any atom is 0.390 e. The number of nitrogens with zero attached hydrogens (tertiary/aromatic N) is 1. The summed E-state index contributed by atoms with van der Waals surface area (Å²) in [7, 11) is 0. The summed E-state index contributed by atoms with van der Waals surface area (Å²) in [6.07, 6.45) is -4.99. The van der Waals surface area contributed by atoms with Gasteiger partial charge in [-0.05, 0) is 6.92 Å². The van der Waals surface area contributed by atoms with Gasteiger partial charge in [-0.2, -0.15) is 13.2 Å². The highest BCUT2D eigenvalue weighted by molar-refractivity contribution is 5.68. The standard InChI is InChI=1S/C9H14F3NO3/c1-8(16-4-7(14)15)5-13(6-8)3-2-9(10,11)12/h2-6H2,1H3,(H,14,15). The molecule has 1 aliphatic rings. The molecule has 0 aromatic heterocycles. The van der Waals surface area contributed by atoms with Gasteiger partial charge in [0.2, 0.25) is 0 Å². The van der Waals surface area contributed by atoms with Crippen LogP contribution in [0.1, 0.15) is 13.3 Å². The second-order valence-electron chi connectivity index (χ2n) is 4.21. The highest BCUT2D eigenvalue weighted by Gasteiger charge is 2.41. The van der Waals surface area contributed by atoms with Crippen molar-refractivity contribution in [1.29, 1.82) is 0 Å². The molecule has 0 saturated carbocycles. The molecule has 1 rings (SSSR count). The number of halogens is 3. The molecule has 0 amide bonds. The number of hydrogen-bond acceptors (Lipinski definition) is 3. The van der Waals surface area contributed by atoms with Crippen molar-refractivity contribution < 1.29 is 27.8 Å². The molecule has 1 saturated heterocycles. The fourth-order valence-electron chi connectivity index (χ4n) is 1.67. The van der Waals surface area contributed by atoms with Gasteiger partial charge >= 0.3 is 12.1 Å². The molecule has 1 aliphatic heterocycles. The SMILES string of the molecule is CC1(OCC(=O)O)CN(CCC(F)(F)F)C1. The molecule has 16 heavy (non-hydrogen) atoms. The van der Waals surface area contributed by atoms with Gasteiger partial charge in [0.05, 0.1) is 12.0 Å². The van der Waals surface area contributed by atoms with E-state index in [1.54, 1.807) is 11.8 Å². The van der Waals surface area contributed by atoms with Gasteiger partial charge in [0.25, 0.3) is 0 Å². The van der Waals surface area contributed by atoms with E-state index >= 15 is 0 Å². The molecule has 0 aromatic rings. The molecular weight excluding hydrogens is 227 g/mol. The molecule has 0 radical (unpaired) electrons. The minimum atomic E-state index is -4.14. The van der Waals surface area contributed by atoms with E-state index in [-0.39, 0.29) is 6.54 Å². The van der Waals surface area contributed by atoms with E-state index in [0.29, 0.717) is 13.1 Å². The van der Waals surface area contributed by atoms with Crippen molar-refractivity contribution in [2.24, 2.45) is 0 Å². The second-order valence-corrected chi connectivity index (χ2v) is 4.21. The van der Waals surface area contributed by atoms with Crippen LogP contribution in [0.4, 0.5) is 13.2 Å². The molecule has 0 bridgehead atoms. The number of aliphatic carboxylic acids is 1. The van der Waals surface area contributed by atoms with Crippen molar-refractivity contribution in [3.63, 3.8) is 0 Å². The Balaban J connectivity index is 2.18. The summed E-state index contributed by atoms with van der Waals surface area (Å²) in [5.41, 5.74) is -0.621. The lowest BCUT2D eigenvalue weighted by molar-refractivity contribution is -0.173. The van der Waals surface area contributed by atoms with Crippen molar-refractivity contribution >= 4 is 5.97 Å². The summed E-state index contributed by atoms with van der Waals surface area (Å²) < 4.78 is 40.7. The van der Waals surface area contributed by atoms with Gasteiger partial charge < -0.3 is 9.84 Å². The monoisotopic (exact) mass is 241 g/mol. The Morgan fingerprint density at radius 3 is 2.50 bits per heavy atom. The Kier molecular flexibility index (Phi) is 3.80. The smallest absolute Gasteiger partial charge is 0.390 e. The maximum atomic E-state index is 11.9. The molecule has 1 N–H and O–H groups in total. The van der Waals surface area contributed by atoms with Crippen LogP contribution in [-0.4, -0.2) is 54.0 Å². The predicted molar refractivity (Wildman–Crippen MR) is 49.1 cm³/mol. The number of hydrogen-bond donors (Lipinski definition) is 1. The third-order valence-corrected chi connectivity index (χ3v) is 2.37. The van der Waals surface area contributed by atoms with E-state index in [9.17, 15) is 18.0 Å². The van der Waals surface area contributed by atoms with Crippen LogP contribution >= 0.6 is 0 Å². The highest BCUT2D eigenvalue weighted by atomic mass is 19.4. The predicted octanol–water partition coefficient (Wildman–Crippen LogP) is 1.11. The molecule has 4 nitrogen and oxygen atoms in total. The van der Waals surface area contributed by atoms with E-state index in [1.165, 1.54) is 0 Å². The van der Waals surface area contributed by atoms with Crippen LogP contribution in [0.25, 0.3) is 0 Å². The Morgan fingerprint density at radius 2 is 2.06 bits per heavy atom. The van der Waals surface area contributed by atoms with Crippen LogP contribution in [0.5, 0.6) is 0 Å². The zero-order valence-corrected chi connectivity index (χ0v) is 8.88. The quantitative estimate of drug-likeness (QED) is 0.783. The van der Waals surface area contributed by atoms with Crippen LogP contribution in [0.2, 0.25) is 0 Å². The molecule has 1 fully saturated rings. The van der Waals surface area contributed by atoms with Crippen molar-refractivity contribution in [2.45, 2.75) is 25.1 Å². The number of likely N-dealkylation sites (tertiary alicyclic amines) is 1. The molecule has 7 heteroatoms. The van der Waals surface area contributed by atoms with Gasteiger partial charge in [0.1, 0.15) is 6.61 Å². The number of alkyl halides is 3. The van der Waals surface area contributed by atoms with Crippen LogP contribution in [-0.2, 0) is 9.53 Å². The van der Waals surface area contributed by atoms with Gasteiger partial charge in [0.15, 0.2) is 0 Å². The molecule has 0 unspecified atom stereocenters. The van der Waals surface area contributed by atoms with Gasteiger partial charge in [-0.15, -0.1) is 0 Å². The third kappa shape index (κ3) is 4.36. The average molecular weight is 241 g/mol. The first-order chi connectivity index (χ1) is 7.20. The second kappa shape index (κ2) is 4.58. The van der Waals surface area contributed by atoms with Crippen molar-refractivity contribution in [3.05, 3.63) is 0 Å². The van der Waals surface area contributed by atoms with Gasteiger partial charge in [-0.25, -0.2) is 4.79 Å². The first-order valence-electron chi connectivity index (χ1n) is 4.85. The topological polar surface area (TPSA) is 49.8 Å². The zero-order chi connectivity index (χ0) is 12.4. The molecule has 0 spiro atoms. The highest BCUT2D eigenvalue weighted by Crippen LogP contribution is 2.27. The van der Waals surface area contributed by atoms with Crippen molar-refractivity contribution in [3.8, 4) is 0 Å². The molecule has 0 aromatic carbocycles. The Labute approximate surface area is 91.0 Å². The van der Waals surface area contributed by atoms with Gasteiger partial charge in [-0.1, -0.05) is 0 Å². The first-order valence-corrected chi connectivity index (χ1v) is 4.85. The van der Waals surface area contributed by atoms with Crippen LogP contribution < -0.4 is 0 Å². The van der Waals surface area contributed by atoms with Crippen molar-refractivity contribution in [1.82, 2.24) is 4.90 Å². The molecular formula is C9H14F3NO3. The average Bonchev–Trinajstić information content (AvgIpc) is 2.06. The molecule has 0 aliphatic carbocycles. The lowest BCUT2D eigenvalue weighted by Crippen LogP contribution is -2.62. The van der Waals surface area contributed by atoms with E-state index < -0.39 is 30.8 Å². The summed E-state index contributed by atoms with van der Waals surface area (Å²) in [5, 5.41) is 8.38. The number of carboxylic acids is 1. The maximum absolute atomic E-state index is 11.9.